The quantitative estimate of drug-likeness (QED) is 0.572. The first kappa shape index (κ1) is 19.8. The molecule has 4 rings (SSSR count). The Kier molecular flexibility index (Phi) is 4.87. The molecule has 0 amide bonds. The van der Waals surface area contributed by atoms with Gasteiger partial charge in [0.25, 0.3) is 0 Å². The molecular weight excluding hydrogens is 389 g/mol. The lowest BCUT2D eigenvalue weighted by Crippen LogP contribution is -2.49. The number of fused-ring (bicyclic) bond motifs is 1. The van der Waals surface area contributed by atoms with Crippen LogP contribution >= 0.6 is 0 Å². The van der Waals surface area contributed by atoms with E-state index in [1.807, 2.05) is 0 Å². The number of Topliss-reactive ketones (excluding diaryl/α,β-unsaturated/α-hetero) is 1. The van der Waals surface area contributed by atoms with Crippen molar-refractivity contribution in [3.8, 4) is 0 Å². The molecule has 0 aliphatic carbocycles. The van der Waals surface area contributed by atoms with Crippen LogP contribution in [0.5, 0.6) is 0 Å². The van der Waals surface area contributed by atoms with Crippen LogP contribution in [-0.4, -0.2) is 33.4 Å². The topological polar surface area (TPSA) is 104 Å². The van der Waals surface area contributed by atoms with E-state index in [9.17, 15) is 19.1 Å². The Morgan fingerprint density at radius 1 is 1.27 bits per heavy atom. The van der Waals surface area contributed by atoms with Crippen molar-refractivity contribution in [2.75, 3.05) is 11.9 Å². The molecule has 0 fully saturated rings. The third kappa shape index (κ3) is 3.05. The normalized spacial score (nSPS) is 20.4. The fourth-order valence-electron chi connectivity index (χ4n) is 3.73. The highest BCUT2D eigenvalue weighted by Gasteiger charge is 2.53. The van der Waals surface area contributed by atoms with Crippen molar-refractivity contribution in [2.45, 2.75) is 25.5 Å². The second-order valence-corrected chi connectivity index (χ2v) is 7.08. The molecule has 154 valence electrons. The van der Waals surface area contributed by atoms with Crippen LogP contribution in [-0.2, 0) is 10.3 Å². The van der Waals surface area contributed by atoms with E-state index in [1.165, 1.54) is 18.2 Å². The van der Waals surface area contributed by atoms with Crippen molar-refractivity contribution in [3.63, 3.8) is 0 Å². The van der Waals surface area contributed by atoms with Crippen LogP contribution in [0, 0.1) is 12.7 Å². The van der Waals surface area contributed by atoms with E-state index >= 15 is 0 Å². The molecule has 3 N–H and O–H groups in total. The molecule has 0 saturated heterocycles. The second-order valence-electron chi connectivity index (χ2n) is 7.08. The zero-order valence-corrected chi connectivity index (χ0v) is 16.4. The summed E-state index contributed by atoms with van der Waals surface area (Å²) in [6.07, 6.45) is 1.58. The summed E-state index contributed by atoms with van der Waals surface area (Å²) in [5.74, 6) is -1.54. The van der Waals surface area contributed by atoms with Crippen LogP contribution in [0.25, 0.3) is 0 Å². The summed E-state index contributed by atoms with van der Waals surface area (Å²) in [7, 11) is 0. The molecule has 0 saturated carbocycles. The number of nitrogens with one attached hydrogen (secondary N) is 2. The van der Waals surface area contributed by atoms with E-state index in [-0.39, 0.29) is 23.3 Å². The summed E-state index contributed by atoms with van der Waals surface area (Å²) in [6.45, 7) is 3.60. The molecule has 2 atom stereocenters. The molecule has 1 aliphatic heterocycles. The number of carbonyl (C=O) groups excluding carboxylic acids is 2. The van der Waals surface area contributed by atoms with E-state index in [1.54, 1.807) is 32.2 Å². The molecule has 30 heavy (non-hydrogen) atoms. The lowest BCUT2D eigenvalue weighted by molar-refractivity contribution is 0.0147. The van der Waals surface area contributed by atoms with Gasteiger partial charge in [0.15, 0.2) is 5.60 Å². The number of aromatic nitrogens is 2. The lowest BCUT2D eigenvalue weighted by Gasteiger charge is -2.40. The molecule has 2 aromatic carbocycles. The maximum Gasteiger partial charge on any atom is 0.338 e. The van der Waals surface area contributed by atoms with Crippen molar-refractivity contribution < 1.29 is 23.8 Å². The van der Waals surface area contributed by atoms with Crippen LogP contribution in [0.4, 0.5) is 10.1 Å². The Hall–Kier alpha value is -3.52. The van der Waals surface area contributed by atoms with Gasteiger partial charge in [-0.2, -0.15) is 0 Å². The fourth-order valence-corrected chi connectivity index (χ4v) is 3.73. The van der Waals surface area contributed by atoms with Gasteiger partial charge >= 0.3 is 5.97 Å². The first-order chi connectivity index (χ1) is 14.4. The van der Waals surface area contributed by atoms with Crippen LogP contribution in [0.1, 0.15) is 50.8 Å². The average molecular weight is 409 g/mol. The van der Waals surface area contributed by atoms with Gasteiger partial charge in [-0.1, -0.05) is 18.2 Å². The minimum Gasteiger partial charge on any atom is -0.462 e. The molecule has 0 spiro atoms. The van der Waals surface area contributed by atoms with Gasteiger partial charge in [0.1, 0.15) is 17.7 Å². The van der Waals surface area contributed by atoms with Gasteiger partial charge < -0.3 is 20.1 Å². The maximum absolute atomic E-state index is 13.7. The summed E-state index contributed by atoms with van der Waals surface area (Å²) < 4.78 is 18.6. The van der Waals surface area contributed by atoms with Crippen molar-refractivity contribution in [2.24, 2.45) is 0 Å². The molecule has 2 heterocycles. The summed E-state index contributed by atoms with van der Waals surface area (Å²) in [5.41, 5.74) is -0.801. The number of ketones is 1. The molecular formula is C22H20FN3O4. The molecule has 1 aromatic heterocycles. The van der Waals surface area contributed by atoms with Gasteiger partial charge in [0.2, 0.25) is 5.78 Å². The fraction of sp³-hybridized carbons (Fsp3) is 0.227. The monoisotopic (exact) mass is 409 g/mol. The van der Waals surface area contributed by atoms with Gasteiger partial charge in [-0.05, 0) is 43.7 Å². The highest BCUT2D eigenvalue weighted by molar-refractivity contribution is 6.15. The summed E-state index contributed by atoms with van der Waals surface area (Å²) in [6, 6.07) is 8.76. The maximum atomic E-state index is 13.7. The number of carbonyl (C=O) groups is 2. The number of rotatable bonds is 4. The number of aryl methyl sites for hydroxylation is 1. The van der Waals surface area contributed by atoms with Crippen LogP contribution in [0.15, 0.2) is 48.7 Å². The summed E-state index contributed by atoms with van der Waals surface area (Å²) in [5, 5.41) is 14.9. The predicted octanol–water partition coefficient (Wildman–Crippen LogP) is 3.27. The van der Waals surface area contributed by atoms with Gasteiger partial charge in [-0.15, -0.1) is 0 Å². The Bertz CT molecular complexity index is 1130. The number of H-pyrrole nitrogens is 1. The van der Waals surface area contributed by atoms with Gasteiger partial charge in [-0.25, -0.2) is 14.2 Å². The van der Waals surface area contributed by atoms with E-state index in [4.69, 9.17) is 4.74 Å². The van der Waals surface area contributed by atoms with Gasteiger partial charge in [-0.3, -0.25) is 4.79 Å². The van der Waals surface area contributed by atoms with Crippen LogP contribution in [0.2, 0.25) is 0 Å². The number of nitrogens with zero attached hydrogens (tertiary/aromatic N) is 1. The number of anilines is 1. The van der Waals surface area contributed by atoms with Crippen LogP contribution < -0.4 is 5.32 Å². The second kappa shape index (κ2) is 7.38. The van der Waals surface area contributed by atoms with E-state index < -0.39 is 29.2 Å². The van der Waals surface area contributed by atoms with E-state index in [0.29, 0.717) is 11.5 Å². The molecule has 0 bridgehead atoms. The Balaban J connectivity index is 1.94. The van der Waals surface area contributed by atoms with Crippen molar-refractivity contribution >= 4 is 17.4 Å². The lowest BCUT2D eigenvalue weighted by atomic mass is 9.75. The Morgan fingerprint density at radius 3 is 2.63 bits per heavy atom. The minimum atomic E-state index is -2.15. The predicted molar refractivity (Wildman–Crippen MR) is 107 cm³/mol. The molecule has 7 nitrogen and oxygen atoms in total. The molecule has 2 unspecified atom stereocenters. The first-order valence-electron chi connectivity index (χ1n) is 9.47. The number of imidazole rings is 1. The van der Waals surface area contributed by atoms with Crippen molar-refractivity contribution in [1.82, 2.24) is 9.97 Å². The third-order valence-corrected chi connectivity index (χ3v) is 5.13. The number of benzene rings is 2. The SMILES string of the molecule is CCOC(=O)c1cccc2c1C(=O)C(O)(c1ccc(F)cc1)C(c1ncc(C)[nH]1)N2. The zero-order chi connectivity index (χ0) is 21.5. The molecule has 3 aromatic rings. The highest BCUT2D eigenvalue weighted by Crippen LogP contribution is 2.45. The van der Waals surface area contributed by atoms with E-state index in [2.05, 4.69) is 15.3 Å². The number of ether oxygens (including phenoxy) is 1. The summed E-state index contributed by atoms with van der Waals surface area (Å²) in [4.78, 5) is 33.5. The highest BCUT2D eigenvalue weighted by atomic mass is 19.1. The first-order valence-corrected chi connectivity index (χ1v) is 9.47. The van der Waals surface area contributed by atoms with Crippen molar-refractivity contribution in [1.29, 1.82) is 0 Å². The van der Waals surface area contributed by atoms with Gasteiger partial charge in [0.05, 0.1) is 17.7 Å². The molecule has 0 radical (unpaired) electrons. The number of aliphatic hydroxyl groups is 1. The van der Waals surface area contributed by atoms with Gasteiger partial charge in [0, 0.05) is 17.6 Å². The Morgan fingerprint density at radius 2 is 2.00 bits per heavy atom. The Labute approximate surface area is 171 Å². The molecule has 8 heteroatoms. The molecule has 1 aliphatic rings. The standard InChI is InChI=1S/C22H20FN3O4/c1-3-30-21(28)15-5-4-6-16-17(15)19(27)22(29,13-7-9-14(23)10-8-13)18(26-16)20-24-11-12(2)25-20/h4-11,18,26,29H,3H2,1-2H3,(H,24,25). The van der Waals surface area contributed by atoms with E-state index in [0.717, 1.165) is 17.8 Å². The van der Waals surface area contributed by atoms with Crippen molar-refractivity contribution in [3.05, 3.63) is 82.7 Å². The largest absolute Gasteiger partial charge is 0.462 e. The number of esters is 1. The number of hydrogen-bond donors (Lipinski definition) is 3. The third-order valence-electron chi connectivity index (χ3n) is 5.13. The zero-order valence-electron chi connectivity index (χ0n) is 16.4. The van der Waals surface area contributed by atoms with Crippen LogP contribution in [0.3, 0.4) is 0 Å². The minimum absolute atomic E-state index is 0.0160. The number of hydrogen-bond acceptors (Lipinski definition) is 6. The smallest absolute Gasteiger partial charge is 0.338 e. The number of halogens is 1. The number of aromatic amines is 1. The summed E-state index contributed by atoms with van der Waals surface area (Å²) >= 11 is 0. The average Bonchev–Trinajstić information content (AvgIpc) is 3.16.